The molecule has 14 rings (SSSR count). The SMILES string of the molecule is c1ccc(-c2cccc(-c3cccc(-c4nc(-n5c6ccccc6c6cc(N(c7ccccc7)c7ccccc7)ccc65)nc(-n5c6ccccc6c6cc(N(c7ccccc7)c7ccccc7)ccc65)n4)c3)c2)cc1. The van der Waals surface area contributed by atoms with Gasteiger partial charge < -0.3 is 9.80 Å². The summed E-state index contributed by atoms with van der Waals surface area (Å²) in [5, 5.41) is 4.35. The fourth-order valence-electron chi connectivity index (χ4n) is 10.9. The molecule has 358 valence electrons. The molecule has 0 N–H and O–H groups in total. The highest BCUT2D eigenvalue weighted by Crippen LogP contribution is 2.42. The molecule has 0 spiro atoms. The number of benzene rings is 11. The average molecular weight is 974 g/mol. The summed E-state index contributed by atoms with van der Waals surface area (Å²) in [6, 6.07) is 100. The Labute approximate surface area is 440 Å². The molecule has 7 heteroatoms. The lowest BCUT2D eigenvalue weighted by Crippen LogP contribution is -2.11. The fourth-order valence-corrected chi connectivity index (χ4v) is 10.9. The molecule has 0 aliphatic heterocycles. The molecule has 0 bridgehead atoms. The van der Waals surface area contributed by atoms with Crippen LogP contribution in [0.5, 0.6) is 0 Å². The number of nitrogens with zero attached hydrogens (tertiary/aromatic N) is 7. The minimum Gasteiger partial charge on any atom is -0.310 e. The maximum atomic E-state index is 5.56. The number of hydrogen-bond acceptors (Lipinski definition) is 5. The monoisotopic (exact) mass is 973 g/mol. The van der Waals surface area contributed by atoms with E-state index in [1.54, 1.807) is 0 Å². The molecule has 0 unspecified atom stereocenters. The van der Waals surface area contributed by atoms with Crippen molar-refractivity contribution in [3.8, 4) is 45.5 Å². The van der Waals surface area contributed by atoms with Gasteiger partial charge in [0.2, 0.25) is 11.9 Å². The lowest BCUT2D eigenvalue weighted by atomic mass is 9.98. The molecule has 0 radical (unpaired) electrons. The van der Waals surface area contributed by atoms with Crippen molar-refractivity contribution in [2.45, 2.75) is 0 Å². The summed E-state index contributed by atoms with van der Waals surface area (Å²) >= 11 is 0. The minimum atomic E-state index is 0.514. The normalized spacial score (nSPS) is 11.4. The second kappa shape index (κ2) is 18.9. The molecule has 3 aromatic heterocycles. The van der Waals surface area contributed by atoms with Gasteiger partial charge in [0.15, 0.2) is 5.82 Å². The van der Waals surface area contributed by atoms with Gasteiger partial charge in [0, 0.05) is 61.2 Å². The molecular weight excluding hydrogens is 927 g/mol. The maximum Gasteiger partial charge on any atom is 0.240 e. The van der Waals surface area contributed by atoms with Crippen molar-refractivity contribution in [2.75, 3.05) is 9.80 Å². The predicted octanol–water partition coefficient (Wildman–Crippen LogP) is 18.0. The molecule has 0 saturated carbocycles. The van der Waals surface area contributed by atoms with Crippen LogP contribution in [0.4, 0.5) is 34.1 Å². The zero-order valence-electron chi connectivity index (χ0n) is 41.3. The summed E-state index contributed by atoms with van der Waals surface area (Å²) in [5.74, 6) is 1.59. The highest BCUT2D eigenvalue weighted by Gasteiger charge is 2.23. The number of fused-ring (bicyclic) bond motifs is 6. The van der Waals surface area contributed by atoms with E-state index in [0.29, 0.717) is 17.7 Å². The van der Waals surface area contributed by atoms with Crippen LogP contribution in [0.25, 0.3) is 89.2 Å². The van der Waals surface area contributed by atoms with Crippen LogP contribution in [-0.4, -0.2) is 24.1 Å². The Morgan fingerprint density at radius 3 is 0.987 bits per heavy atom. The number of para-hydroxylation sites is 6. The predicted molar refractivity (Wildman–Crippen MR) is 314 cm³/mol. The first-order valence-corrected chi connectivity index (χ1v) is 25.6. The Bertz CT molecular complexity index is 4100. The molecule has 7 nitrogen and oxygen atoms in total. The standard InChI is InChI=1S/C69H47N7/c1-6-22-48(23-7-1)49-24-20-25-50(44-49)51-26-21-27-52(45-51)67-70-68(75-63-38-18-16-36-59(63)61-46-57(40-42-65(61)75)73(53-28-8-2-9-29-53)54-30-10-3-11-31-54)72-69(71-67)76-64-39-19-17-37-60(64)62-47-58(41-43-66(62)76)74(55-32-12-4-13-33-55)56-34-14-5-15-35-56/h1-47H. The van der Waals surface area contributed by atoms with Crippen molar-refractivity contribution in [1.82, 2.24) is 24.1 Å². The minimum absolute atomic E-state index is 0.514. The maximum absolute atomic E-state index is 5.56. The second-order valence-electron chi connectivity index (χ2n) is 18.9. The molecule has 76 heavy (non-hydrogen) atoms. The van der Waals surface area contributed by atoms with Crippen molar-refractivity contribution < 1.29 is 0 Å². The van der Waals surface area contributed by atoms with Gasteiger partial charge in [0.25, 0.3) is 0 Å². The zero-order valence-corrected chi connectivity index (χ0v) is 41.3. The summed E-state index contributed by atoms with van der Waals surface area (Å²) in [5.41, 5.74) is 15.7. The van der Waals surface area contributed by atoms with Crippen molar-refractivity contribution in [1.29, 1.82) is 0 Å². The van der Waals surface area contributed by atoms with Crippen LogP contribution in [0.15, 0.2) is 285 Å². The van der Waals surface area contributed by atoms with E-state index < -0.39 is 0 Å². The average Bonchev–Trinajstić information content (AvgIpc) is 4.09. The van der Waals surface area contributed by atoms with Gasteiger partial charge in [-0.15, -0.1) is 0 Å². The first-order valence-electron chi connectivity index (χ1n) is 25.6. The largest absolute Gasteiger partial charge is 0.310 e. The van der Waals surface area contributed by atoms with E-state index in [1.165, 1.54) is 5.56 Å². The Morgan fingerprint density at radius 2 is 0.553 bits per heavy atom. The molecule has 0 aliphatic rings. The van der Waals surface area contributed by atoms with Crippen LogP contribution in [0.1, 0.15) is 0 Å². The van der Waals surface area contributed by atoms with Crippen LogP contribution in [0, 0.1) is 0 Å². The van der Waals surface area contributed by atoms with E-state index in [4.69, 9.17) is 15.0 Å². The van der Waals surface area contributed by atoms with Gasteiger partial charge in [-0.2, -0.15) is 15.0 Å². The molecule has 11 aromatic carbocycles. The number of hydrogen-bond donors (Lipinski definition) is 0. The molecule has 0 amide bonds. The van der Waals surface area contributed by atoms with E-state index in [2.05, 4.69) is 304 Å². The zero-order chi connectivity index (χ0) is 50.4. The smallest absolute Gasteiger partial charge is 0.240 e. The molecule has 14 aromatic rings. The Kier molecular flexibility index (Phi) is 11.0. The third-order valence-electron chi connectivity index (χ3n) is 14.3. The number of aromatic nitrogens is 5. The van der Waals surface area contributed by atoms with Gasteiger partial charge in [-0.25, -0.2) is 0 Å². The first-order chi connectivity index (χ1) is 37.7. The Morgan fingerprint density at radius 1 is 0.224 bits per heavy atom. The number of anilines is 6. The second-order valence-corrected chi connectivity index (χ2v) is 18.9. The van der Waals surface area contributed by atoms with Crippen LogP contribution in [-0.2, 0) is 0 Å². The van der Waals surface area contributed by atoms with Gasteiger partial charge in [-0.05, 0) is 131 Å². The van der Waals surface area contributed by atoms with Gasteiger partial charge in [0.05, 0.1) is 22.1 Å². The Hall–Kier alpha value is -10.4. The summed E-state index contributed by atoms with van der Waals surface area (Å²) in [7, 11) is 0. The highest BCUT2D eigenvalue weighted by atomic mass is 15.3. The molecule has 0 aliphatic carbocycles. The van der Waals surface area contributed by atoms with Crippen LogP contribution in [0.3, 0.4) is 0 Å². The summed E-state index contributed by atoms with van der Waals surface area (Å²) in [4.78, 5) is 21.1. The lowest BCUT2D eigenvalue weighted by Gasteiger charge is -2.25. The molecule has 0 atom stereocenters. The van der Waals surface area contributed by atoms with E-state index in [9.17, 15) is 0 Å². The quantitative estimate of drug-likeness (QED) is 0.129. The van der Waals surface area contributed by atoms with E-state index in [0.717, 1.165) is 100.0 Å². The van der Waals surface area contributed by atoms with Crippen molar-refractivity contribution in [2.24, 2.45) is 0 Å². The van der Waals surface area contributed by atoms with E-state index >= 15 is 0 Å². The topological polar surface area (TPSA) is 55.0 Å². The lowest BCUT2D eigenvalue weighted by molar-refractivity contribution is 0.893. The number of rotatable bonds is 11. The highest BCUT2D eigenvalue weighted by molar-refractivity contribution is 6.12. The fraction of sp³-hybridized carbons (Fsp3) is 0. The van der Waals surface area contributed by atoms with Crippen molar-refractivity contribution >= 4 is 77.7 Å². The third-order valence-corrected chi connectivity index (χ3v) is 14.3. The van der Waals surface area contributed by atoms with Crippen LogP contribution >= 0.6 is 0 Å². The van der Waals surface area contributed by atoms with Gasteiger partial charge in [-0.3, -0.25) is 9.13 Å². The van der Waals surface area contributed by atoms with Gasteiger partial charge >= 0.3 is 0 Å². The van der Waals surface area contributed by atoms with Crippen LogP contribution in [0.2, 0.25) is 0 Å². The van der Waals surface area contributed by atoms with Gasteiger partial charge in [0.1, 0.15) is 0 Å². The molecule has 0 fully saturated rings. The van der Waals surface area contributed by atoms with Crippen molar-refractivity contribution in [3.05, 3.63) is 285 Å². The van der Waals surface area contributed by atoms with Gasteiger partial charge in [-0.1, -0.05) is 176 Å². The third kappa shape index (κ3) is 7.91. The van der Waals surface area contributed by atoms with E-state index in [1.807, 2.05) is 0 Å². The van der Waals surface area contributed by atoms with E-state index in [-0.39, 0.29) is 0 Å². The summed E-state index contributed by atoms with van der Waals surface area (Å²) < 4.78 is 4.41. The summed E-state index contributed by atoms with van der Waals surface area (Å²) in [6.45, 7) is 0. The van der Waals surface area contributed by atoms with Crippen molar-refractivity contribution in [3.63, 3.8) is 0 Å². The Balaban J connectivity index is 0.989. The first kappa shape index (κ1) is 44.3. The molecule has 3 heterocycles. The summed E-state index contributed by atoms with van der Waals surface area (Å²) in [6.07, 6.45) is 0. The molecule has 0 saturated heterocycles. The molecular formula is C69H47N7. The van der Waals surface area contributed by atoms with Crippen LogP contribution < -0.4 is 9.80 Å².